The van der Waals surface area contributed by atoms with Gasteiger partial charge in [-0.1, -0.05) is 23.7 Å². The highest BCUT2D eigenvalue weighted by molar-refractivity contribution is 7.92. The highest BCUT2D eigenvalue weighted by Crippen LogP contribution is 2.34. The summed E-state index contributed by atoms with van der Waals surface area (Å²) in [5.41, 5.74) is 0.351. The smallest absolute Gasteiger partial charge is 0.309 e. The Labute approximate surface area is 203 Å². The molecular formula is C22H18ClFN2O6S2. The van der Waals surface area contributed by atoms with Gasteiger partial charge < -0.3 is 9.47 Å². The molecule has 1 amide bonds. The standard InChI is InChI=1S/C22H18ClFN2O6S2/c1-12(27)31-19-11-33-22(25-19)26-21(28)20(32-14-4-9-18(24)17(23)10-14)13-2-5-15(6-3-13)34(29,30)16-7-8-16/h2-6,9-11,16,20H,7-8H2,1H3,(H,25,26,28). The van der Waals surface area contributed by atoms with Crippen molar-refractivity contribution < 1.29 is 31.9 Å². The number of hydrogen-bond acceptors (Lipinski definition) is 8. The molecule has 1 heterocycles. The summed E-state index contributed by atoms with van der Waals surface area (Å²) in [6.45, 7) is 1.22. The van der Waals surface area contributed by atoms with Gasteiger partial charge in [0.25, 0.3) is 5.91 Å². The molecule has 1 aromatic heterocycles. The number of thiazole rings is 1. The van der Waals surface area contributed by atoms with Crippen molar-refractivity contribution in [2.45, 2.75) is 36.0 Å². The summed E-state index contributed by atoms with van der Waals surface area (Å²) in [5.74, 6) is -1.68. The Morgan fingerprint density at radius 3 is 2.53 bits per heavy atom. The van der Waals surface area contributed by atoms with E-state index in [1.54, 1.807) is 0 Å². The number of carbonyl (C=O) groups excluding carboxylic acids is 2. The van der Waals surface area contributed by atoms with Crippen molar-refractivity contribution in [3.8, 4) is 11.6 Å². The van der Waals surface area contributed by atoms with E-state index in [0.29, 0.717) is 18.4 Å². The summed E-state index contributed by atoms with van der Waals surface area (Å²) in [6.07, 6.45) is 0.0136. The molecule has 1 fully saturated rings. The van der Waals surface area contributed by atoms with Crippen molar-refractivity contribution in [3.05, 3.63) is 64.2 Å². The van der Waals surface area contributed by atoms with Crippen molar-refractivity contribution in [3.63, 3.8) is 0 Å². The highest BCUT2D eigenvalue weighted by Gasteiger charge is 2.37. The van der Waals surface area contributed by atoms with Crippen LogP contribution >= 0.6 is 22.9 Å². The van der Waals surface area contributed by atoms with Crippen LogP contribution in [0.3, 0.4) is 0 Å². The van der Waals surface area contributed by atoms with Crippen LogP contribution in [0.5, 0.6) is 11.6 Å². The number of carbonyl (C=O) groups is 2. The number of aromatic nitrogens is 1. The van der Waals surface area contributed by atoms with Crippen LogP contribution in [0.25, 0.3) is 0 Å². The molecule has 12 heteroatoms. The maximum atomic E-state index is 13.6. The van der Waals surface area contributed by atoms with Crippen LogP contribution in [0, 0.1) is 5.82 Å². The van der Waals surface area contributed by atoms with Crippen molar-refractivity contribution in [1.29, 1.82) is 0 Å². The predicted octanol–water partition coefficient (Wildman–Crippen LogP) is 4.56. The third-order valence-electron chi connectivity index (χ3n) is 4.82. The van der Waals surface area contributed by atoms with Gasteiger partial charge >= 0.3 is 5.97 Å². The monoisotopic (exact) mass is 524 g/mol. The number of esters is 1. The van der Waals surface area contributed by atoms with Crippen molar-refractivity contribution in [2.75, 3.05) is 5.32 Å². The molecule has 1 N–H and O–H groups in total. The first-order chi connectivity index (χ1) is 16.1. The lowest BCUT2D eigenvalue weighted by atomic mass is 10.1. The van der Waals surface area contributed by atoms with E-state index in [-0.39, 0.29) is 31.9 Å². The van der Waals surface area contributed by atoms with E-state index < -0.39 is 33.6 Å². The number of ether oxygens (including phenoxy) is 2. The fourth-order valence-corrected chi connectivity index (χ4v) is 5.49. The molecular weight excluding hydrogens is 507 g/mol. The van der Waals surface area contributed by atoms with E-state index in [4.69, 9.17) is 21.1 Å². The molecule has 0 saturated heterocycles. The topological polar surface area (TPSA) is 112 Å². The summed E-state index contributed by atoms with van der Waals surface area (Å²) in [6, 6.07) is 9.46. The van der Waals surface area contributed by atoms with Gasteiger partial charge in [0.2, 0.25) is 12.0 Å². The zero-order valence-electron chi connectivity index (χ0n) is 17.7. The van der Waals surface area contributed by atoms with Crippen LogP contribution in [-0.4, -0.2) is 30.5 Å². The Morgan fingerprint density at radius 2 is 1.91 bits per heavy atom. The number of sulfone groups is 1. The van der Waals surface area contributed by atoms with Crippen molar-refractivity contribution in [1.82, 2.24) is 4.98 Å². The summed E-state index contributed by atoms with van der Waals surface area (Å²) >= 11 is 6.86. The first-order valence-electron chi connectivity index (χ1n) is 10.0. The van der Waals surface area contributed by atoms with Crippen LogP contribution in [-0.2, 0) is 19.4 Å². The Hall–Kier alpha value is -3.02. The molecule has 0 aliphatic heterocycles. The zero-order chi connectivity index (χ0) is 24.5. The van der Waals surface area contributed by atoms with Gasteiger partial charge in [-0.2, -0.15) is 4.98 Å². The van der Waals surface area contributed by atoms with Crippen LogP contribution < -0.4 is 14.8 Å². The molecule has 8 nitrogen and oxygen atoms in total. The van der Waals surface area contributed by atoms with Crippen molar-refractivity contribution in [2.24, 2.45) is 0 Å². The SMILES string of the molecule is CC(=O)Oc1csc(NC(=O)C(Oc2ccc(F)c(Cl)c2)c2ccc(S(=O)(=O)C3CC3)cc2)n1. The fourth-order valence-electron chi connectivity index (χ4n) is 3.04. The molecule has 1 aliphatic carbocycles. The number of rotatable bonds is 8. The van der Waals surface area contributed by atoms with Crippen LogP contribution in [0.2, 0.25) is 5.02 Å². The minimum atomic E-state index is -3.40. The predicted molar refractivity (Wildman–Crippen MR) is 123 cm³/mol. The molecule has 1 unspecified atom stereocenters. The third kappa shape index (κ3) is 5.54. The van der Waals surface area contributed by atoms with E-state index >= 15 is 0 Å². The lowest BCUT2D eigenvalue weighted by Gasteiger charge is -2.19. The maximum Gasteiger partial charge on any atom is 0.309 e. The quantitative estimate of drug-likeness (QED) is 0.430. The molecule has 0 radical (unpaired) electrons. The second-order valence-corrected chi connectivity index (χ2v) is 11.0. The van der Waals surface area contributed by atoms with Gasteiger partial charge in [-0.3, -0.25) is 14.9 Å². The third-order valence-corrected chi connectivity index (χ3v) is 8.12. The number of anilines is 1. The van der Waals surface area contributed by atoms with Gasteiger partial charge in [0.1, 0.15) is 11.6 Å². The highest BCUT2D eigenvalue weighted by atomic mass is 35.5. The molecule has 3 aromatic rings. The van der Waals surface area contributed by atoms with Gasteiger partial charge in [0, 0.05) is 18.6 Å². The Balaban J connectivity index is 1.60. The van der Waals surface area contributed by atoms with Gasteiger partial charge in [-0.25, -0.2) is 12.8 Å². The first-order valence-corrected chi connectivity index (χ1v) is 12.8. The Kier molecular flexibility index (Phi) is 6.87. The molecule has 0 bridgehead atoms. The van der Waals surface area contributed by atoms with Gasteiger partial charge in [-0.05, 0) is 37.1 Å². The average molecular weight is 525 g/mol. The van der Waals surface area contributed by atoms with Crippen molar-refractivity contribution >= 4 is 49.8 Å². The summed E-state index contributed by atoms with van der Waals surface area (Å²) < 4.78 is 49.2. The number of nitrogens with zero attached hydrogens (tertiary/aromatic N) is 1. The molecule has 1 saturated carbocycles. The number of amides is 1. The second kappa shape index (κ2) is 9.69. The molecule has 0 spiro atoms. The van der Waals surface area contributed by atoms with E-state index in [1.165, 1.54) is 48.7 Å². The maximum absolute atomic E-state index is 13.6. The van der Waals surface area contributed by atoms with Crippen LogP contribution in [0.15, 0.2) is 52.7 Å². The molecule has 34 heavy (non-hydrogen) atoms. The summed E-state index contributed by atoms with van der Waals surface area (Å²) in [7, 11) is -3.40. The largest absolute Gasteiger partial charge is 0.476 e. The minimum Gasteiger partial charge on any atom is -0.476 e. The molecule has 1 atom stereocenters. The van der Waals surface area contributed by atoms with E-state index in [2.05, 4.69) is 10.3 Å². The zero-order valence-corrected chi connectivity index (χ0v) is 20.0. The molecule has 1 aliphatic rings. The minimum absolute atomic E-state index is 0.0326. The number of halogens is 2. The summed E-state index contributed by atoms with van der Waals surface area (Å²) in [5, 5.41) is 3.63. The molecule has 4 rings (SSSR count). The average Bonchev–Trinajstić information content (AvgIpc) is 3.57. The molecule has 178 valence electrons. The Morgan fingerprint density at radius 1 is 1.21 bits per heavy atom. The van der Waals surface area contributed by atoms with Gasteiger partial charge in [0.05, 0.1) is 20.5 Å². The normalized spacial score (nSPS) is 14.3. The fraction of sp³-hybridized carbons (Fsp3) is 0.227. The number of hydrogen-bond donors (Lipinski definition) is 1. The van der Waals surface area contributed by atoms with Crippen LogP contribution in [0.1, 0.15) is 31.4 Å². The summed E-state index contributed by atoms with van der Waals surface area (Å²) in [4.78, 5) is 28.4. The van der Waals surface area contributed by atoms with Gasteiger partial charge in [0.15, 0.2) is 15.0 Å². The van der Waals surface area contributed by atoms with Crippen LogP contribution in [0.4, 0.5) is 9.52 Å². The van der Waals surface area contributed by atoms with E-state index in [1.807, 2.05) is 0 Å². The first kappa shape index (κ1) is 24.1. The lowest BCUT2D eigenvalue weighted by molar-refractivity contribution is -0.132. The van der Waals surface area contributed by atoms with E-state index in [0.717, 1.165) is 17.4 Å². The Bertz CT molecular complexity index is 1340. The number of benzene rings is 2. The van der Waals surface area contributed by atoms with Gasteiger partial charge in [-0.15, -0.1) is 11.3 Å². The second-order valence-electron chi connectivity index (χ2n) is 7.46. The lowest BCUT2D eigenvalue weighted by Crippen LogP contribution is -2.25. The van der Waals surface area contributed by atoms with E-state index in [9.17, 15) is 22.4 Å². The molecule has 2 aromatic carbocycles. The number of nitrogens with one attached hydrogen (secondary N) is 1.